The molecule has 0 aliphatic rings. The SMILES string of the molecule is COC(=O)Cn1ncc(NCCNS(C)(=O)=O)c(Cl)c1=O. The van der Waals surface area contributed by atoms with Crippen LogP contribution in [-0.4, -0.2) is 50.6 Å². The lowest BCUT2D eigenvalue weighted by Crippen LogP contribution is -2.30. The second kappa shape index (κ2) is 7.38. The van der Waals surface area contributed by atoms with Gasteiger partial charge in [0, 0.05) is 13.1 Å². The van der Waals surface area contributed by atoms with E-state index in [4.69, 9.17) is 11.6 Å². The molecule has 0 amide bonds. The minimum Gasteiger partial charge on any atom is -0.468 e. The van der Waals surface area contributed by atoms with Crippen molar-refractivity contribution in [3.05, 3.63) is 21.6 Å². The Morgan fingerprint density at radius 1 is 1.48 bits per heavy atom. The molecule has 0 fully saturated rings. The van der Waals surface area contributed by atoms with Crippen LogP contribution in [-0.2, 0) is 26.1 Å². The third-order valence-electron chi connectivity index (χ3n) is 2.30. The molecule has 0 saturated carbocycles. The fraction of sp³-hybridized carbons (Fsp3) is 0.500. The van der Waals surface area contributed by atoms with Gasteiger partial charge < -0.3 is 10.1 Å². The number of ether oxygens (including phenoxy) is 1. The zero-order valence-corrected chi connectivity index (χ0v) is 13.0. The molecule has 0 bridgehead atoms. The van der Waals surface area contributed by atoms with Crippen molar-refractivity contribution in [2.24, 2.45) is 0 Å². The van der Waals surface area contributed by atoms with E-state index in [1.54, 1.807) is 0 Å². The van der Waals surface area contributed by atoms with Crippen LogP contribution >= 0.6 is 11.6 Å². The largest absolute Gasteiger partial charge is 0.468 e. The molecule has 0 aliphatic carbocycles. The fourth-order valence-corrected chi connectivity index (χ4v) is 2.01. The molecule has 1 rings (SSSR count). The Morgan fingerprint density at radius 2 is 2.14 bits per heavy atom. The van der Waals surface area contributed by atoms with Crippen molar-refractivity contribution in [1.29, 1.82) is 0 Å². The minimum absolute atomic E-state index is 0.125. The number of nitrogens with zero attached hydrogens (tertiary/aromatic N) is 2. The summed E-state index contributed by atoms with van der Waals surface area (Å²) < 4.78 is 29.3. The highest BCUT2D eigenvalue weighted by Crippen LogP contribution is 2.14. The lowest BCUT2D eigenvalue weighted by atomic mass is 10.4. The number of hydrogen-bond donors (Lipinski definition) is 2. The van der Waals surface area contributed by atoms with Gasteiger partial charge in [-0.15, -0.1) is 0 Å². The number of halogens is 1. The normalized spacial score (nSPS) is 11.2. The van der Waals surface area contributed by atoms with E-state index in [-0.39, 0.29) is 30.3 Å². The first-order valence-corrected chi connectivity index (χ1v) is 8.02. The van der Waals surface area contributed by atoms with Crippen LogP contribution in [0.2, 0.25) is 5.02 Å². The van der Waals surface area contributed by atoms with Crippen molar-refractivity contribution in [3.63, 3.8) is 0 Å². The Bertz CT molecular complexity index is 673. The lowest BCUT2D eigenvalue weighted by molar-refractivity contribution is -0.141. The van der Waals surface area contributed by atoms with Gasteiger partial charge in [-0.25, -0.2) is 17.8 Å². The van der Waals surface area contributed by atoms with Crippen LogP contribution in [0.5, 0.6) is 0 Å². The Balaban J connectivity index is 2.71. The second-order valence-electron chi connectivity index (χ2n) is 4.00. The van der Waals surface area contributed by atoms with Crippen molar-refractivity contribution >= 4 is 33.3 Å². The minimum atomic E-state index is -3.28. The van der Waals surface area contributed by atoms with Gasteiger partial charge in [-0.2, -0.15) is 5.10 Å². The van der Waals surface area contributed by atoms with Gasteiger partial charge in [0.2, 0.25) is 10.0 Å². The summed E-state index contributed by atoms with van der Waals surface area (Å²) in [6.07, 6.45) is 2.31. The average molecular weight is 339 g/mol. The third-order valence-corrected chi connectivity index (χ3v) is 3.39. The van der Waals surface area contributed by atoms with Gasteiger partial charge >= 0.3 is 5.97 Å². The summed E-state index contributed by atoms with van der Waals surface area (Å²) in [5.74, 6) is -0.626. The van der Waals surface area contributed by atoms with Crippen molar-refractivity contribution in [1.82, 2.24) is 14.5 Å². The van der Waals surface area contributed by atoms with Gasteiger partial charge in [0.15, 0.2) is 0 Å². The van der Waals surface area contributed by atoms with Gasteiger partial charge in [-0.1, -0.05) is 11.6 Å². The predicted octanol–water partition coefficient (Wildman–Crippen LogP) is -0.969. The number of carbonyl (C=O) groups excluding carboxylic acids is 1. The fourth-order valence-electron chi connectivity index (χ4n) is 1.32. The maximum Gasteiger partial charge on any atom is 0.327 e. The summed E-state index contributed by atoms with van der Waals surface area (Å²) in [4.78, 5) is 22.9. The van der Waals surface area contributed by atoms with Crippen molar-refractivity contribution in [2.45, 2.75) is 6.54 Å². The quantitative estimate of drug-likeness (QED) is 0.485. The molecule has 0 radical (unpaired) electrons. The molecule has 0 aromatic carbocycles. The van der Waals surface area contributed by atoms with Gasteiger partial charge in [0.05, 0.1) is 25.2 Å². The number of methoxy groups -OCH3 is 1. The Hall–Kier alpha value is -1.65. The molecule has 1 aromatic heterocycles. The van der Waals surface area contributed by atoms with Crippen LogP contribution in [0.3, 0.4) is 0 Å². The molecular weight excluding hydrogens is 324 g/mol. The molecule has 0 atom stereocenters. The maximum absolute atomic E-state index is 11.8. The maximum atomic E-state index is 11.8. The smallest absolute Gasteiger partial charge is 0.327 e. The first-order chi connectivity index (χ1) is 9.74. The second-order valence-corrected chi connectivity index (χ2v) is 6.22. The summed E-state index contributed by atoms with van der Waals surface area (Å²) in [6, 6.07) is 0. The van der Waals surface area contributed by atoms with E-state index in [2.05, 4.69) is 19.9 Å². The Labute approximate surface area is 126 Å². The van der Waals surface area contributed by atoms with Gasteiger partial charge in [-0.05, 0) is 0 Å². The van der Waals surface area contributed by atoms with E-state index in [0.29, 0.717) is 0 Å². The molecular formula is C10H15ClN4O5S. The topological polar surface area (TPSA) is 119 Å². The monoisotopic (exact) mass is 338 g/mol. The molecule has 0 saturated heterocycles. The molecule has 0 unspecified atom stereocenters. The Morgan fingerprint density at radius 3 is 2.71 bits per heavy atom. The van der Waals surface area contributed by atoms with Gasteiger partial charge in [0.1, 0.15) is 11.6 Å². The van der Waals surface area contributed by atoms with E-state index >= 15 is 0 Å². The number of sulfonamides is 1. The summed E-state index contributed by atoms with van der Waals surface area (Å²) in [6.45, 7) is 0.000297. The van der Waals surface area contributed by atoms with E-state index in [1.165, 1.54) is 13.3 Å². The number of hydrogen-bond acceptors (Lipinski definition) is 7. The van der Waals surface area contributed by atoms with Crippen molar-refractivity contribution in [3.8, 4) is 0 Å². The molecule has 2 N–H and O–H groups in total. The van der Waals surface area contributed by atoms with E-state index in [1.807, 2.05) is 0 Å². The van der Waals surface area contributed by atoms with Crippen LogP contribution in [0.1, 0.15) is 0 Å². The molecule has 11 heteroatoms. The van der Waals surface area contributed by atoms with Crippen LogP contribution < -0.4 is 15.6 Å². The average Bonchev–Trinajstić information content (AvgIpc) is 2.40. The molecule has 0 aliphatic heterocycles. The molecule has 1 aromatic rings. The van der Waals surface area contributed by atoms with Gasteiger partial charge in [-0.3, -0.25) is 9.59 Å². The number of aromatic nitrogens is 2. The lowest BCUT2D eigenvalue weighted by Gasteiger charge is -2.09. The molecule has 1 heterocycles. The highest BCUT2D eigenvalue weighted by atomic mass is 35.5. The number of rotatable bonds is 7. The van der Waals surface area contributed by atoms with Crippen LogP contribution in [0.25, 0.3) is 0 Å². The first kappa shape index (κ1) is 17.4. The zero-order chi connectivity index (χ0) is 16.0. The van der Waals surface area contributed by atoms with Gasteiger partial charge in [0.25, 0.3) is 5.56 Å². The van der Waals surface area contributed by atoms with Crippen molar-refractivity contribution < 1.29 is 17.9 Å². The number of esters is 1. The number of nitrogens with one attached hydrogen (secondary N) is 2. The molecule has 118 valence electrons. The number of carbonyl (C=O) groups is 1. The summed E-state index contributed by atoms with van der Waals surface area (Å²) in [5, 5.41) is 6.40. The number of anilines is 1. The summed E-state index contributed by atoms with van der Waals surface area (Å²) in [7, 11) is -2.08. The molecule has 21 heavy (non-hydrogen) atoms. The summed E-state index contributed by atoms with van der Waals surface area (Å²) in [5.41, 5.74) is -0.402. The predicted molar refractivity (Wildman–Crippen MR) is 76.9 cm³/mol. The highest BCUT2D eigenvalue weighted by Gasteiger charge is 2.12. The molecule has 9 nitrogen and oxygen atoms in total. The van der Waals surface area contributed by atoms with E-state index in [9.17, 15) is 18.0 Å². The third kappa shape index (κ3) is 5.69. The van der Waals surface area contributed by atoms with Crippen molar-refractivity contribution in [2.75, 3.05) is 31.8 Å². The van der Waals surface area contributed by atoms with Crippen LogP contribution in [0.15, 0.2) is 11.0 Å². The highest BCUT2D eigenvalue weighted by molar-refractivity contribution is 7.88. The Kier molecular flexibility index (Phi) is 6.12. The van der Waals surface area contributed by atoms with E-state index in [0.717, 1.165) is 10.9 Å². The first-order valence-electron chi connectivity index (χ1n) is 5.75. The van der Waals surface area contributed by atoms with E-state index < -0.39 is 21.6 Å². The van der Waals surface area contributed by atoms with Crippen LogP contribution in [0.4, 0.5) is 5.69 Å². The molecule has 0 spiro atoms. The standard InChI is InChI=1S/C10H15ClN4O5S/c1-20-8(16)6-15-10(17)9(11)7(5-13-15)12-3-4-14-21(2,18)19/h5,12,14H,3-4,6H2,1-2H3. The zero-order valence-electron chi connectivity index (χ0n) is 11.4. The summed E-state index contributed by atoms with van der Waals surface area (Å²) >= 11 is 5.87. The van der Waals surface area contributed by atoms with Crippen LogP contribution in [0, 0.1) is 0 Å².